The van der Waals surface area contributed by atoms with Gasteiger partial charge < -0.3 is 9.67 Å². The zero-order valence-electron chi connectivity index (χ0n) is 16.1. The Labute approximate surface area is 163 Å². The van der Waals surface area contributed by atoms with Gasteiger partial charge in [-0.15, -0.1) is 0 Å². The monoisotopic (exact) mass is 373 g/mol. The maximum atomic E-state index is 13.0. The lowest BCUT2D eigenvalue weighted by Crippen LogP contribution is -2.24. The van der Waals surface area contributed by atoms with Crippen molar-refractivity contribution in [3.63, 3.8) is 0 Å². The summed E-state index contributed by atoms with van der Waals surface area (Å²) in [4.78, 5) is 17.7. The van der Waals surface area contributed by atoms with Crippen LogP contribution in [-0.2, 0) is 13.6 Å². The van der Waals surface area contributed by atoms with Crippen molar-refractivity contribution in [2.45, 2.75) is 19.9 Å². The number of rotatable bonds is 5. The first-order valence-electron chi connectivity index (χ1n) is 9.44. The topological polar surface area (TPSA) is 60.1 Å². The number of hydrogen-bond acceptors (Lipinski definition) is 3. The summed E-state index contributed by atoms with van der Waals surface area (Å²) in [6.07, 6.45) is 4.44. The predicted octanol–water partition coefficient (Wildman–Crippen LogP) is 3.75. The maximum Gasteiger partial charge on any atom is 0.261 e. The Kier molecular flexibility index (Phi) is 4.84. The van der Waals surface area contributed by atoms with E-state index in [9.17, 15) is 9.90 Å². The predicted molar refractivity (Wildman–Crippen MR) is 114 cm³/mol. The molecule has 5 nitrogen and oxygen atoms in total. The van der Waals surface area contributed by atoms with Crippen molar-refractivity contribution in [3.05, 3.63) is 76.0 Å². The van der Waals surface area contributed by atoms with E-state index in [2.05, 4.69) is 30.7 Å². The molecule has 0 saturated heterocycles. The van der Waals surface area contributed by atoms with Gasteiger partial charge in [0.25, 0.3) is 5.56 Å². The van der Waals surface area contributed by atoms with Gasteiger partial charge in [0.05, 0.1) is 10.9 Å². The molecule has 5 heteroatoms. The van der Waals surface area contributed by atoms with E-state index in [1.54, 1.807) is 10.6 Å². The SMILES string of the molecule is Cc1c(C=Cc2nc3ccccc3c(=O)n2CCCO)c2ccccc2n1C. The lowest BCUT2D eigenvalue weighted by Gasteiger charge is -2.10. The lowest BCUT2D eigenvalue weighted by molar-refractivity contribution is 0.278. The number of para-hydroxylation sites is 2. The number of aryl methyl sites for hydroxylation is 1. The Morgan fingerprint density at radius 3 is 2.54 bits per heavy atom. The molecular formula is C23H23N3O2. The summed E-state index contributed by atoms with van der Waals surface area (Å²) in [6.45, 7) is 2.55. The third-order valence-electron chi connectivity index (χ3n) is 5.28. The highest BCUT2D eigenvalue weighted by atomic mass is 16.3. The van der Waals surface area contributed by atoms with Crippen LogP contribution in [0.25, 0.3) is 34.0 Å². The van der Waals surface area contributed by atoms with Crippen LogP contribution in [-0.4, -0.2) is 25.8 Å². The van der Waals surface area contributed by atoms with Gasteiger partial charge in [-0.25, -0.2) is 4.98 Å². The van der Waals surface area contributed by atoms with Gasteiger partial charge >= 0.3 is 0 Å². The van der Waals surface area contributed by atoms with Gasteiger partial charge in [-0.2, -0.15) is 0 Å². The molecule has 4 aromatic rings. The van der Waals surface area contributed by atoms with E-state index in [4.69, 9.17) is 4.98 Å². The molecule has 0 bridgehead atoms. The summed E-state index contributed by atoms with van der Waals surface area (Å²) in [5, 5.41) is 11.0. The molecule has 2 aromatic carbocycles. The molecule has 28 heavy (non-hydrogen) atoms. The van der Waals surface area contributed by atoms with Crippen LogP contribution in [0.1, 0.15) is 23.5 Å². The number of nitrogens with zero attached hydrogens (tertiary/aromatic N) is 3. The van der Waals surface area contributed by atoms with Crippen LogP contribution < -0.4 is 5.56 Å². The summed E-state index contributed by atoms with van der Waals surface area (Å²) in [6, 6.07) is 15.7. The van der Waals surface area contributed by atoms with Crippen LogP contribution in [0.3, 0.4) is 0 Å². The van der Waals surface area contributed by atoms with Gasteiger partial charge in [0.1, 0.15) is 5.82 Å². The highest BCUT2D eigenvalue weighted by molar-refractivity contribution is 5.93. The molecule has 0 radical (unpaired) electrons. The van der Waals surface area contributed by atoms with Crippen molar-refractivity contribution in [2.24, 2.45) is 7.05 Å². The molecule has 1 N–H and O–H groups in total. The Morgan fingerprint density at radius 1 is 1.04 bits per heavy atom. The Morgan fingerprint density at radius 2 is 1.75 bits per heavy atom. The standard InChI is InChI=1S/C23H23N3O2/c1-16-17(18-8-4-6-11-21(18)25(16)2)12-13-22-24-20-10-5-3-9-19(20)23(28)26(22)14-7-15-27/h3-6,8-13,27H,7,14-15H2,1-2H3. The number of hydrogen-bond donors (Lipinski definition) is 1. The van der Waals surface area contributed by atoms with Gasteiger partial charge in [-0.3, -0.25) is 9.36 Å². The first-order chi connectivity index (χ1) is 13.6. The van der Waals surface area contributed by atoms with Crippen molar-refractivity contribution in [2.75, 3.05) is 6.61 Å². The largest absolute Gasteiger partial charge is 0.396 e. The maximum absolute atomic E-state index is 13.0. The molecule has 0 saturated carbocycles. The molecule has 0 aliphatic heterocycles. The van der Waals surface area contributed by atoms with E-state index in [1.807, 2.05) is 42.5 Å². The lowest BCUT2D eigenvalue weighted by atomic mass is 10.1. The third kappa shape index (κ3) is 3.04. The molecule has 142 valence electrons. The minimum atomic E-state index is -0.0756. The van der Waals surface area contributed by atoms with Crippen molar-refractivity contribution in [1.82, 2.24) is 14.1 Å². The van der Waals surface area contributed by atoms with E-state index < -0.39 is 0 Å². The number of fused-ring (bicyclic) bond motifs is 2. The molecule has 0 unspecified atom stereocenters. The molecule has 0 aliphatic rings. The molecule has 0 spiro atoms. The Hall–Kier alpha value is -3.18. The second kappa shape index (κ2) is 7.44. The fraction of sp³-hybridized carbons (Fsp3) is 0.217. The Balaban J connectivity index is 1.88. The summed E-state index contributed by atoms with van der Waals surface area (Å²) < 4.78 is 3.82. The molecule has 2 heterocycles. The molecule has 0 atom stereocenters. The van der Waals surface area contributed by atoms with E-state index in [0.29, 0.717) is 29.7 Å². The highest BCUT2D eigenvalue weighted by Crippen LogP contribution is 2.26. The van der Waals surface area contributed by atoms with E-state index >= 15 is 0 Å². The zero-order chi connectivity index (χ0) is 19.7. The summed E-state index contributed by atoms with van der Waals surface area (Å²) in [5.74, 6) is 0.601. The molecule has 4 rings (SSSR count). The number of aliphatic hydroxyl groups excluding tert-OH is 1. The van der Waals surface area contributed by atoms with Gasteiger partial charge in [0.2, 0.25) is 0 Å². The fourth-order valence-electron chi connectivity index (χ4n) is 3.68. The second-order valence-corrected chi connectivity index (χ2v) is 6.93. The van der Waals surface area contributed by atoms with Gasteiger partial charge in [0, 0.05) is 42.4 Å². The van der Waals surface area contributed by atoms with Crippen LogP contribution in [0, 0.1) is 6.92 Å². The van der Waals surface area contributed by atoms with Gasteiger partial charge in [-0.1, -0.05) is 30.3 Å². The minimum absolute atomic E-state index is 0.0326. The number of aliphatic hydroxyl groups is 1. The number of aromatic nitrogens is 3. The van der Waals surface area contributed by atoms with E-state index in [-0.39, 0.29) is 12.2 Å². The van der Waals surface area contributed by atoms with Crippen LogP contribution in [0.2, 0.25) is 0 Å². The summed E-state index contributed by atoms with van der Waals surface area (Å²) in [7, 11) is 2.06. The van der Waals surface area contributed by atoms with Crippen molar-refractivity contribution >= 4 is 34.0 Å². The van der Waals surface area contributed by atoms with Crippen molar-refractivity contribution < 1.29 is 5.11 Å². The van der Waals surface area contributed by atoms with Gasteiger partial charge in [0.15, 0.2) is 0 Å². The molecule has 0 aliphatic carbocycles. The molecule has 0 amide bonds. The zero-order valence-corrected chi connectivity index (χ0v) is 16.1. The first kappa shape index (κ1) is 18.2. The average Bonchev–Trinajstić information content (AvgIpc) is 2.96. The van der Waals surface area contributed by atoms with E-state index in [0.717, 1.165) is 11.3 Å². The molecule has 0 fully saturated rings. The summed E-state index contributed by atoms with van der Waals surface area (Å²) >= 11 is 0. The smallest absolute Gasteiger partial charge is 0.261 e. The second-order valence-electron chi connectivity index (χ2n) is 6.93. The molecular weight excluding hydrogens is 350 g/mol. The highest BCUT2D eigenvalue weighted by Gasteiger charge is 2.11. The summed E-state index contributed by atoms with van der Waals surface area (Å²) in [5.41, 5.74) is 4.05. The van der Waals surface area contributed by atoms with Crippen LogP contribution in [0.4, 0.5) is 0 Å². The van der Waals surface area contributed by atoms with E-state index in [1.165, 1.54) is 10.9 Å². The third-order valence-corrected chi connectivity index (χ3v) is 5.28. The molecule has 2 aromatic heterocycles. The van der Waals surface area contributed by atoms with Crippen LogP contribution in [0.5, 0.6) is 0 Å². The number of benzene rings is 2. The van der Waals surface area contributed by atoms with Crippen molar-refractivity contribution in [1.29, 1.82) is 0 Å². The van der Waals surface area contributed by atoms with Crippen LogP contribution in [0.15, 0.2) is 53.3 Å². The Bertz CT molecular complexity index is 1250. The normalized spacial score (nSPS) is 11.8. The fourth-order valence-corrected chi connectivity index (χ4v) is 3.68. The minimum Gasteiger partial charge on any atom is -0.396 e. The average molecular weight is 373 g/mol. The van der Waals surface area contributed by atoms with Gasteiger partial charge in [-0.05, 0) is 43.7 Å². The first-order valence-corrected chi connectivity index (χ1v) is 9.44. The van der Waals surface area contributed by atoms with Crippen molar-refractivity contribution in [3.8, 4) is 0 Å². The quantitative estimate of drug-likeness (QED) is 0.580. The van der Waals surface area contributed by atoms with Crippen LogP contribution >= 0.6 is 0 Å².